The Morgan fingerprint density at radius 1 is 0.208 bits per heavy atom. The molecular weight excluding hydrogens is 928 g/mol. The third-order valence-corrected chi connectivity index (χ3v) is 16.0. The van der Waals surface area contributed by atoms with E-state index in [0.717, 1.165) is 39.6 Å². The summed E-state index contributed by atoms with van der Waals surface area (Å²) in [6, 6.07) is 110. The Morgan fingerprint density at radius 2 is 0.545 bits per heavy atom. The molecule has 13 aromatic carbocycles. The van der Waals surface area contributed by atoms with Gasteiger partial charge in [0.1, 0.15) is 0 Å². The van der Waals surface area contributed by atoms with Crippen molar-refractivity contribution in [2.24, 2.45) is 0 Å². The molecule has 0 N–H and O–H groups in total. The molecule has 0 bridgehead atoms. The highest BCUT2D eigenvalue weighted by Crippen LogP contribution is 2.53. The molecule has 15 rings (SSSR count). The number of nitrogens with zero attached hydrogens (tertiary/aromatic N) is 2. The molecule has 358 valence electrons. The summed E-state index contributed by atoms with van der Waals surface area (Å²) >= 11 is 0. The Hall–Kier alpha value is -9.96. The molecule has 77 heavy (non-hydrogen) atoms. The standard InChI is InChI=1S/C74H49BN2/c1-6-21-50(22-7-1)59-41-43-66-70(48-59)76(73-62(51-23-8-2-9-24-51)33-18-34-63(73)52-25-10-3-11-26-52)68-37-20-38-69-72(68)75(66)67-44-42-60(57-39-40-58-45-55-31-16-17-32-56(55)46-61(58)47-57)49-71(67)77(69)74-64(53-27-12-4-13-28-53)35-19-36-65(74)54-29-14-5-15-30-54/h1-49H. The molecule has 2 nitrogen and oxygen atoms in total. The predicted molar refractivity (Wildman–Crippen MR) is 328 cm³/mol. The van der Waals surface area contributed by atoms with E-state index < -0.39 is 0 Å². The van der Waals surface area contributed by atoms with Crippen molar-refractivity contribution in [3.05, 3.63) is 297 Å². The minimum absolute atomic E-state index is 0.103. The summed E-state index contributed by atoms with van der Waals surface area (Å²) in [6.07, 6.45) is 0. The van der Waals surface area contributed by atoms with Gasteiger partial charge in [-0.25, -0.2) is 0 Å². The van der Waals surface area contributed by atoms with E-state index in [1.165, 1.54) is 99.3 Å². The van der Waals surface area contributed by atoms with Crippen molar-refractivity contribution in [2.75, 3.05) is 9.80 Å². The van der Waals surface area contributed by atoms with Crippen LogP contribution in [0.3, 0.4) is 0 Å². The number of hydrogen-bond donors (Lipinski definition) is 0. The summed E-state index contributed by atoms with van der Waals surface area (Å²) < 4.78 is 0. The second-order valence-electron chi connectivity index (χ2n) is 20.4. The van der Waals surface area contributed by atoms with Crippen molar-refractivity contribution in [1.82, 2.24) is 0 Å². The molecule has 0 fully saturated rings. The first kappa shape index (κ1) is 44.5. The topological polar surface area (TPSA) is 6.48 Å². The molecule has 3 heteroatoms. The zero-order valence-corrected chi connectivity index (χ0v) is 42.3. The minimum atomic E-state index is -0.103. The van der Waals surface area contributed by atoms with Gasteiger partial charge in [-0.15, -0.1) is 0 Å². The molecule has 2 aliphatic heterocycles. The van der Waals surface area contributed by atoms with Crippen LogP contribution >= 0.6 is 0 Å². The van der Waals surface area contributed by atoms with E-state index in [2.05, 4.69) is 307 Å². The predicted octanol–water partition coefficient (Wildman–Crippen LogP) is 18.1. The lowest BCUT2D eigenvalue weighted by molar-refractivity contribution is 1.25. The Morgan fingerprint density at radius 3 is 0.987 bits per heavy atom. The van der Waals surface area contributed by atoms with Crippen LogP contribution in [0.15, 0.2) is 297 Å². The Kier molecular flexibility index (Phi) is 10.7. The third kappa shape index (κ3) is 7.50. The lowest BCUT2D eigenvalue weighted by Gasteiger charge is -2.45. The molecule has 13 aromatic rings. The number of hydrogen-bond acceptors (Lipinski definition) is 2. The van der Waals surface area contributed by atoms with Gasteiger partial charge < -0.3 is 9.80 Å². The molecule has 0 unspecified atom stereocenters. The quantitative estimate of drug-likeness (QED) is 0.111. The monoisotopic (exact) mass is 976 g/mol. The molecule has 2 heterocycles. The molecule has 0 aromatic heterocycles. The maximum Gasteiger partial charge on any atom is 0.252 e. The number of rotatable bonds is 8. The van der Waals surface area contributed by atoms with E-state index in [4.69, 9.17) is 0 Å². The number of fused-ring (bicyclic) bond motifs is 6. The Labute approximate surface area is 450 Å². The van der Waals surface area contributed by atoms with Gasteiger partial charge >= 0.3 is 0 Å². The molecule has 0 atom stereocenters. The van der Waals surface area contributed by atoms with Gasteiger partial charge in [-0.2, -0.15) is 0 Å². The largest absolute Gasteiger partial charge is 0.310 e. The third-order valence-electron chi connectivity index (χ3n) is 16.0. The summed E-state index contributed by atoms with van der Waals surface area (Å²) in [6.45, 7) is -0.103. The van der Waals surface area contributed by atoms with E-state index in [-0.39, 0.29) is 6.71 Å². The van der Waals surface area contributed by atoms with Gasteiger partial charge in [0.05, 0.1) is 11.4 Å². The van der Waals surface area contributed by atoms with Gasteiger partial charge in [-0.1, -0.05) is 255 Å². The van der Waals surface area contributed by atoms with Crippen LogP contribution in [-0.2, 0) is 0 Å². The second kappa shape index (κ2) is 18.5. The summed E-state index contributed by atoms with van der Waals surface area (Å²) in [7, 11) is 0. The van der Waals surface area contributed by atoms with Gasteiger partial charge in [0, 0.05) is 45.0 Å². The molecular formula is C74H49BN2. The van der Waals surface area contributed by atoms with Crippen molar-refractivity contribution < 1.29 is 0 Å². The fraction of sp³-hybridized carbons (Fsp3) is 0. The average Bonchev–Trinajstić information content (AvgIpc) is 3.67. The lowest BCUT2D eigenvalue weighted by atomic mass is 9.33. The van der Waals surface area contributed by atoms with Crippen molar-refractivity contribution in [3.8, 4) is 66.8 Å². The second-order valence-corrected chi connectivity index (χ2v) is 20.4. The van der Waals surface area contributed by atoms with E-state index >= 15 is 0 Å². The van der Waals surface area contributed by atoms with Gasteiger partial charge in [-0.05, 0) is 125 Å². The fourth-order valence-electron chi connectivity index (χ4n) is 12.5. The van der Waals surface area contributed by atoms with Crippen LogP contribution in [0.1, 0.15) is 0 Å². The van der Waals surface area contributed by atoms with Gasteiger partial charge in [0.2, 0.25) is 0 Å². The first-order chi connectivity index (χ1) is 38.2. The van der Waals surface area contributed by atoms with Crippen LogP contribution in [0.25, 0.3) is 88.3 Å². The lowest BCUT2D eigenvalue weighted by Crippen LogP contribution is -2.61. The molecule has 0 spiro atoms. The maximum atomic E-state index is 2.62. The Bertz CT molecular complexity index is 4270. The normalized spacial score (nSPS) is 12.3. The van der Waals surface area contributed by atoms with E-state index in [1.54, 1.807) is 0 Å². The SMILES string of the molecule is c1ccc(-c2ccc3c(c2)N(c2c(-c4ccccc4)cccc2-c2ccccc2)c2cccc4c2B3c2ccc(-c3ccc5cc6ccccc6cc5c3)cc2N4c2c(-c3ccccc3)cccc2-c2ccccc2)cc1. The van der Waals surface area contributed by atoms with Crippen LogP contribution in [0.2, 0.25) is 0 Å². The zero-order valence-electron chi connectivity index (χ0n) is 42.3. The Balaban J connectivity index is 1.05. The first-order valence-electron chi connectivity index (χ1n) is 26.7. The summed E-state index contributed by atoms with van der Waals surface area (Å²) in [5.41, 5.74) is 24.8. The highest BCUT2D eigenvalue weighted by atomic mass is 15.2. The van der Waals surface area contributed by atoms with Crippen LogP contribution in [0, 0.1) is 0 Å². The zero-order chi connectivity index (χ0) is 50.8. The molecule has 0 aliphatic carbocycles. The first-order valence-corrected chi connectivity index (χ1v) is 26.7. The molecule has 0 saturated carbocycles. The van der Waals surface area contributed by atoms with Gasteiger partial charge in [-0.3, -0.25) is 0 Å². The molecule has 0 amide bonds. The molecule has 2 aliphatic rings. The van der Waals surface area contributed by atoms with Crippen LogP contribution < -0.4 is 26.2 Å². The highest BCUT2D eigenvalue weighted by Gasteiger charge is 2.45. The number of anilines is 6. The number of para-hydroxylation sites is 2. The van der Waals surface area contributed by atoms with Crippen LogP contribution in [0.4, 0.5) is 34.1 Å². The van der Waals surface area contributed by atoms with Crippen molar-refractivity contribution in [2.45, 2.75) is 0 Å². The van der Waals surface area contributed by atoms with Crippen molar-refractivity contribution in [3.63, 3.8) is 0 Å². The van der Waals surface area contributed by atoms with Crippen LogP contribution in [-0.4, -0.2) is 6.71 Å². The van der Waals surface area contributed by atoms with Gasteiger partial charge in [0.15, 0.2) is 0 Å². The summed E-state index contributed by atoms with van der Waals surface area (Å²) in [5.74, 6) is 0. The summed E-state index contributed by atoms with van der Waals surface area (Å²) in [4.78, 5) is 5.23. The summed E-state index contributed by atoms with van der Waals surface area (Å²) in [5, 5.41) is 4.96. The average molecular weight is 977 g/mol. The van der Waals surface area contributed by atoms with E-state index in [0.29, 0.717) is 0 Å². The minimum Gasteiger partial charge on any atom is -0.310 e. The smallest absolute Gasteiger partial charge is 0.252 e. The highest BCUT2D eigenvalue weighted by molar-refractivity contribution is 7.00. The van der Waals surface area contributed by atoms with E-state index in [1.807, 2.05) is 0 Å². The van der Waals surface area contributed by atoms with Crippen molar-refractivity contribution in [1.29, 1.82) is 0 Å². The number of benzene rings is 13. The van der Waals surface area contributed by atoms with Crippen molar-refractivity contribution >= 4 is 78.8 Å². The fourth-order valence-corrected chi connectivity index (χ4v) is 12.5. The maximum absolute atomic E-state index is 2.62. The van der Waals surface area contributed by atoms with Gasteiger partial charge in [0.25, 0.3) is 6.71 Å². The van der Waals surface area contributed by atoms with E-state index in [9.17, 15) is 0 Å². The molecule has 0 saturated heterocycles. The molecule has 0 radical (unpaired) electrons. The van der Waals surface area contributed by atoms with Crippen LogP contribution in [0.5, 0.6) is 0 Å².